The first-order valence-corrected chi connectivity index (χ1v) is 13.7. The Morgan fingerprint density at radius 2 is 1.82 bits per heavy atom. The normalized spacial score (nSPS) is 20.0. The van der Waals surface area contributed by atoms with Gasteiger partial charge in [-0.15, -0.1) is 5.10 Å². The first-order chi connectivity index (χ1) is 17.9. The molecule has 1 N–H and O–H groups in total. The van der Waals surface area contributed by atoms with E-state index in [-0.39, 0.29) is 23.3 Å². The molecule has 2 aromatic carbocycles. The van der Waals surface area contributed by atoms with Crippen molar-refractivity contribution in [2.24, 2.45) is 11.8 Å². The molecule has 0 radical (unpaired) electrons. The number of likely N-dealkylation sites (tertiary alicyclic amines) is 2. The number of H-pyrrole nitrogens is 1. The molecule has 2 aliphatic rings. The zero-order chi connectivity index (χ0) is 27.2. The van der Waals surface area contributed by atoms with Crippen LogP contribution in [0.2, 0.25) is 0 Å². The predicted molar refractivity (Wildman–Crippen MR) is 128 cm³/mol. The Labute approximate surface area is 215 Å². The Morgan fingerprint density at radius 3 is 2.55 bits per heavy atom. The molecule has 1 aromatic heterocycles. The summed E-state index contributed by atoms with van der Waals surface area (Å²) in [6.07, 6.45) is -3.95. The van der Waals surface area contributed by atoms with Gasteiger partial charge in [0.1, 0.15) is 12.1 Å². The molecule has 2 aliphatic heterocycles. The van der Waals surface area contributed by atoms with Crippen LogP contribution in [0.3, 0.4) is 0 Å². The van der Waals surface area contributed by atoms with Crippen LogP contribution in [0.4, 0.5) is 18.0 Å². The van der Waals surface area contributed by atoms with Crippen LogP contribution in [0.15, 0.2) is 41.3 Å². The van der Waals surface area contributed by atoms with E-state index in [1.807, 2.05) is 0 Å². The Bertz CT molecular complexity index is 1510. The van der Waals surface area contributed by atoms with Gasteiger partial charge in [-0.1, -0.05) is 5.21 Å². The van der Waals surface area contributed by atoms with Crippen molar-refractivity contribution < 1.29 is 35.9 Å². The van der Waals surface area contributed by atoms with Crippen LogP contribution >= 0.6 is 0 Å². The number of alkyl halides is 3. The zero-order valence-electron chi connectivity index (χ0n) is 20.2. The van der Waals surface area contributed by atoms with Gasteiger partial charge < -0.3 is 14.5 Å². The molecule has 2 unspecified atom stereocenters. The highest BCUT2D eigenvalue weighted by atomic mass is 32.2. The zero-order valence-corrected chi connectivity index (χ0v) is 21.1. The summed E-state index contributed by atoms with van der Waals surface area (Å²) >= 11 is 0. The first-order valence-electron chi connectivity index (χ1n) is 11.8. The molecule has 10 nitrogen and oxygen atoms in total. The molecular weight excluding hydrogens is 527 g/mol. The highest BCUT2D eigenvalue weighted by Gasteiger charge is 2.41. The van der Waals surface area contributed by atoms with Crippen molar-refractivity contribution >= 4 is 32.9 Å². The third-order valence-corrected chi connectivity index (χ3v) is 8.10. The molecule has 0 saturated carbocycles. The lowest BCUT2D eigenvalue weighted by Gasteiger charge is -2.34. The van der Waals surface area contributed by atoms with E-state index in [0.29, 0.717) is 49.7 Å². The van der Waals surface area contributed by atoms with E-state index in [1.165, 1.54) is 4.90 Å². The molecule has 3 heterocycles. The number of hydrogen-bond acceptors (Lipinski definition) is 7. The van der Waals surface area contributed by atoms with E-state index in [4.69, 9.17) is 4.74 Å². The molecule has 38 heavy (non-hydrogen) atoms. The minimum absolute atomic E-state index is 0.0291. The minimum Gasteiger partial charge on any atom is -0.445 e. The summed E-state index contributed by atoms with van der Waals surface area (Å²) in [5.41, 5.74) is 0.596. The lowest BCUT2D eigenvalue weighted by molar-refractivity contribution is -0.137. The van der Waals surface area contributed by atoms with Crippen LogP contribution in [0.25, 0.3) is 11.0 Å². The maximum Gasteiger partial charge on any atom is 0.416 e. The molecule has 2 fully saturated rings. The van der Waals surface area contributed by atoms with E-state index < -0.39 is 39.2 Å². The summed E-state index contributed by atoms with van der Waals surface area (Å²) in [7, 11) is -3.91. The number of ether oxygens (including phenoxy) is 1. The van der Waals surface area contributed by atoms with Crippen molar-refractivity contribution in [3.63, 3.8) is 0 Å². The summed E-state index contributed by atoms with van der Waals surface area (Å²) in [6.45, 7) is 1.22. The van der Waals surface area contributed by atoms with Crippen molar-refractivity contribution in [1.29, 1.82) is 0 Å². The van der Waals surface area contributed by atoms with Crippen molar-refractivity contribution in [1.82, 2.24) is 25.2 Å². The summed E-state index contributed by atoms with van der Waals surface area (Å²) in [6, 6.07) is 7.52. The summed E-state index contributed by atoms with van der Waals surface area (Å²) in [5, 5.41) is 10.4. The van der Waals surface area contributed by atoms with E-state index >= 15 is 0 Å². The van der Waals surface area contributed by atoms with Gasteiger partial charge in [0.2, 0.25) is 0 Å². The number of rotatable bonds is 4. The number of aromatic nitrogens is 3. The first kappa shape index (κ1) is 25.9. The number of amides is 2. The fraction of sp³-hybridized carbons (Fsp3) is 0.417. The average Bonchev–Trinajstić information content (AvgIpc) is 3.51. The van der Waals surface area contributed by atoms with Gasteiger partial charge in [0.05, 0.1) is 16.0 Å². The number of piperidine rings is 1. The van der Waals surface area contributed by atoms with Crippen molar-refractivity contribution in [2.75, 3.05) is 32.4 Å². The lowest BCUT2D eigenvalue weighted by Crippen LogP contribution is -2.43. The second-order valence-electron chi connectivity index (χ2n) is 9.70. The van der Waals surface area contributed by atoms with Gasteiger partial charge in [0, 0.05) is 38.0 Å². The van der Waals surface area contributed by atoms with Gasteiger partial charge in [-0.05, 0) is 60.2 Å². The van der Waals surface area contributed by atoms with Crippen LogP contribution in [0.5, 0.6) is 0 Å². The Balaban J connectivity index is 1.21. The molecule has 0 bridgehead atoms. The largest absolute Gasteiger partial charge is 0.445 e. The molecule has 14 heteroatoms. The van der Waals surface area contributed by atoms with Crippen LogP contribution in [-0.4, -0.2) is 78.1 Å². The Morgan fingerprint density at radius 1 is 1.08 bits per heavy atom. The summed E-state index contributed by atoms with van der Waals surface area (Å²) < 4.78 is 68.7. The molecule has 5 rings (SSSR count). The van der Waals surface area contributed by atoms with Gasteiger partial charge in [-0.3, -0.25) is 9.89 Å². The van der Waals surface area contributed by atoms with Gasteiger partial charge >= 0.3 is 12.3 Å². The van der Waals surface area contributed by atoms with Crippen LogP contribution in [0.1, 0.15) is 27.9 Å². The third-order valence-electron chi connectivity index (χ3n) is 7.00. The highest BCUT2D eigenvalue weighted by Crippen LogP contribution is 2.34. The molecule has 2 saturated heterocycles. The maximum absolute atomic E-state index is 13.3. The number of nitrogens with one attached hydrogen (secondary N) is 1. The standard InChI is InChI=1S/C24H24F3N5O5S/c1-38(35,36)19-7-14(6-18(9-19)24(25,26)27)13-37-23(34)32-10-16-4-5-31(11-17(16)12-32)22(33)15-2-3-20-21(8-15)29-30-28-20/h2-3,6-9,16-17H,4-5,10-13H2,1H3,(H,28,29,30). The molecule has 3 aromatic rings. The van der Waals surface area contributed by atoms with Gasteiger partial charge in [-0.25, -0.2) is 13.2 Å². The van der Waals surface area contributed by atoms with E-state index in [2.05, 4.69) is 15.4 Å². The number of sulfone groups is 1. The van der Waals surface area contributed by atoms with Gasteiger partial charge in [0.15, 0.2) is 9.84 Å². The van der Waals surface area contributed by atoms with Crippen LogP contribution in [0, 0.1) is 11.8 Å². The number of carbonyl (C=O) groups is 2. The molecule has 202 valence electrons. The lowest BCUT2D eigenvalue weighted by atomic mass is 9.88. The molecule has 0 aliphatic carbocycles. The topological polar surface area (TPSA) is 126 Å². The van der Waals surface area contributed by atoms with E-state index in [0.717, 1.165) is 23.9 Å². The van der Waals surface area contributed by atoms with Crippen LogP contribution < -0.4 is 0 Å². The van der Waals surface area contributed by atoms with Crippen molar-refractivity contribution in [3.8, 4) is 0 Å². The number of carbonyl (C=O) groups excluding carboxylic acids is 2. The maximum atomic E-state index is 13.3. The fourth-order valence-electron chi connectivity index (χ4n) is 5.02. The quantitative estimate of drug-likeness (QED) is 0.528. The molecule has 2 atom stereocenters. The Hall–Kier alpha value is -3.68. The monoisotopic (exact) mass is 551 g/mol. The smallest absolute Gasteiger partial charge is 0.416 e. The van der Waals surface area contributed by atoms with Crippen molar-refractivity contribution in [2.45, 2.75) is 24.1 Å². The SMILES string of the molecule is CS(=O)(=O)c1cc(COC(=O)N2CC3CCN(C(=O)c4ccc5[nH]nnc5c4)CC3C2)cc(C(F)(F)F)c1. The number of halogens is 3. The van der Waals surface area contributed by atoms with E-state index in [1.54, 1.807) is 23.1 Å². The molecule has 0 spiro atoms. The molecule has 2 amide bonds. The number of benzene rings is 2. The average molecular weight is 552 g/mol. The summed E-state index contributed by atoms with van der Waals surface area (Å²) in [4.78, 5) is 28.5. The predicted octanol–water partition coefficient (Wildman–Crippen LogP) is 3.11. The van der Waals surface area contributed by atoms with Gasteiger partial charge in [-0.2, -0.15) is 13.2 Å². The summed E-state index contributed by atoms with van der Waals surface area (Å²) in [5.74, 6) is 0.0528. The fourth-order valence-corrected chi connectivity index (χ4v) is 5.72. The van der Waals surface area contributed by atoms with Crippen molar-refractivity contribution in [3.05, 3.63) is 53.1 Å². The molecular formula is C24H24F3N5O5S. The number of nitrogens with zero attached hydrogens (tertiary/aromatic N) is 4. The highest BCUT2D eigenvalue weighted by molar-refractivity contribution is 7.90. The number of aromatic amines is 1. The third kappa shape index (κ3) is 5.30. The Kier molecular flexibility index (Phi) is 6.53. The number of hydrogen-bond donors (Lipinski definition) is 1. The second-order valence-corrected chi connectivity index (χ2v) is 11.7. The minimum atomic E-state index is -4.76. The second kappa shape index (κ2) is 9.57. The number of fused-ring (bicyclic) bond motifs is 2. The van der Waals surface area contributed by atoms with Crippen LogP contribution in [-0.2, 0) is 27.4 Å². The van der Waals surface area contributed by atoms with E-state index in [9.17, 15) is 31.2 Å². The van der Waals surface area contributed by atoms with Gasteiger partial charge in [0.25, 0.3) is 5.91 Å².